The van der Waals surface area contributed by atoms with Crippen LogP contribution in [0.1, 0.15) is 21.5 Å². The number of hydrogen-bond acceptors (Lipinski definition) is 7. The van der Waals surface area contributed by atoms with Gasteiger partial charge in [-0.2, -0.15) is 10.1 Å². The van der Waals surface area contributed by atoms with Crippen molar-refractivity contribution in [3.8, 4) is 0 Å². The highest BCUT2D eigenvalue weighted by Gasteiger charge is 2.20. The number of morpholine rings is 1. The van der Waals surface area contributed by atoms with Gasteiger partial charge in [-0.05, 0) is 18.6 Å². The Morgan fingerprint density at radius 2 is 2.10 bits per heavy atom. The molecule has 0 radical (unpaired) electrons. The van der Waals surface area contributed by atoms with Crippen molar-refractivity contribution in [2.45, 2.75) is 6.92 Å². The van der Waals surface area contributed by atoms with E-state index in [1.807, 2.05) is 31.2 Å². The SMILES string of the molecule is CNC(=O)c1cc2c(N3CCOCC3)nc(N/N=C/c3cccc(C)c3)nn2c1. The van der Waals surface area contributed by atoms with Crippen molar-refractivity contribution < 1.29 is 9.53 Å². The average molecular weight is 393 g/mol. The largest absolute Gasteiger partial charge is 0.378 e. The number of ether oxygens (including phenoxy) is 1. The third kappa shape index (κ3) is 4.19. The Morgan fingerprint density at radius 3 is 2.86 bits per heavy atom. The Labute approximate surface area is 168 Å². The summed E-state index contributed by atoms with van der Waals surface area (Å²) in [7, 11) is 1.60. The summed E-state index contributed by atoms with van der Waals surface area (Å²) in [6, 6.07) is 9.82. The van der Waals surface area contributed by atoms with Gasteiger partial charge in [0.1, 0.15) is 5.52 Å². The molecule has 3 aromatic rings. The number of nitrogens with zero attached hydrogens (tertiary/aromatic N) is 5. The lowest BCUT2D eigenvalue weighted by Crippen LogP contribution is -2.37. The molecule has 0 unspecified atom stereocenters. The van der Waals surface area contributed by atoms with Gasteiger partial charge in [0.05, 0.1) is 25.0 Å². The lowest BCUT2D eigenvalue weighted by Gasteiger charge is -2.28. The van der Waals surface area contributed by atoms with E-state index >= 15 is 0 Å². The van der Waals surface area contributed by atoms with Crippen LogP contribution in [-0.4, -0.2) is 60.1 Å². The number of carbonyl (C=O) groups excluding carboxylic acids is 1. The van der Waals surface area contributed by atoms with Gasteiger partial charge in [0, 0.05) is 26.3 Å². The molecule has 1 aliphatic rings. The molecule has 1 fully saturated rings. The molecule has 1 saturated heterocycles. The third-order valence-corrected chi connectivity index (χ3v) is 4.66. The minimum atomic E-state index is -0.171. The standard InChI is InChI=1S/C20H23N7O2/c1-14-4-3-5-15(10-14)12-22-24-20-23-18(26-6-8-29-9-7-26)17-11-16(19(28)21-2)13-27(17)25-20/h3-5,10-13H,6-9H2,1-2H3,(H,21,28)(H,24,25)/b22-12+. The normalized spacial score (nSPS) is 14.5. The fourth-order valence-electron chi connectivity index (χ4n) is 3.22. The zero-order valence-corrected chi connectivity index (χ0v) is 16.4. The minimum absolute atomic E-state index is 0.171. The predicted molar refractivity (Wildman–Crippen MR) is 112 cm³/mol. The minimum Gasteiger partial charge on any atom is -0.378 e. The number of fused-ring (bicyclic) bond motifs is 1. The smallest absolute Gasteiger partial charge is 0.263 e. The van der Waals surface area contributed by atoms with Crippen LogP contribution in [0.2, 0.25) is 0 Å². The first kappa shape index (κ1) is 18.9. The molecule has 9 heteroatoms. The molecule has 9 nitrogen and oxygen atoms in total. The van der Waals surface area contributed by atoms with Crippen molar-refractivity contribution in [1.82, 2.24) is 19.9 Å². The van der Waals surface area contributed by atoms with Gasteiger partial charge in [-0.1, -0.05) is 29.8 Å². The first-order chi connectivity index (χ1) is 14.1. The van der Waals surface area contributed by atoms with Crippen LogP contribution in [0.4, 0.5) is 11.8 Å². The van der Waals surface area contributed by atoms with Crippen molar-refractivity contribution >= 4 is 29.4 Å². The van der Waals surface area contributed by atoms with Gasteiger partial charge < -0.3 is 15.0 Å². The second-order valence-corrected chi connectivity index (χ2v) is 6.78. The molecule has 0 bridgehead atoms. The molecule has 0 aliphatic carbocycles. The molecule has 0 spiro atoms. The van der Waals surface area contributed by atoms with E-state index in [0.29, 0.717) is 24.7 Å². The van der Waals surface area contributed by atoms with E-state index in [4.69, 9.17) is 4.74 Å². The maximum atomic E-state index is 12.1. The summed E-state index contributed by atoms with van der Waals surface area (Å²) < 4.78 is 7.11. The van der Waals surface area contributed by atoms with Crippen LogP contribution < -0.4 is 15.6 Å². The highest BCUT2D eigenvalue weighted by atomic mass is 16.5. The first-order valence-corrected chi connectivity index (χ1v) is 9.45. The van der Waals surface area contributed by atoms with Gasteiger partial charge in [-0.25, -0.2) is 9.94 Å². The number of aromatic nitrogens is 3. The first-order valence-electron chi connectivity index (χ1n) is 9.45. The van der Waals surface area contributed by atoms with Crippen molar-refractivity contribution in [3.05, 3.63) is 53.2 Å². The molecular weight excluding hydrogens is 370 g/mol. The Bertz CT molecular complexity index is 1050. The van der Waals surface area contributed by atoms with Gasteiger partial charge in [0.15, 0.2) is 5.82 Å². The predicted octanol–water partition coefficient (Wildman–Crippen LogP) is 1.68. The zero-order valence-electron chi connectivity index (χ0n) is 16.4. The Morgan fingerprint density at radius 1 is 1.28 bits per heavy atom. The van der Waals surface area contributed by atoms with E-state index in [-0.39, 0.29) is 5.91 Å². The summed E-state index contributed by atoms with van der Waals surface area (Å²) in [6.07, 6.45) is 3.41. The molecule has 1 amide bonds. The van der Waals surface area contributed by atoms with Gasteiger partial charge in [0.2, 0.25) is 0 Å². The lowest BCUT2D eigenvalue weighted by molar-refractivity contribution is 0.0963. The fourth-order valence-corrected chi connectivity index (χ4v) is 3.22. The van der Waals surface area contributed by atoms with E-state index in [1.165, 1.54) is 0 Å². The van der Waals surface area contributed by atoms with Crippen LogP contribution in [0.15, 0.2) is 41.6 Å². The maximum Gasteiger partial charge on any atom is 0.263 e. The Kier molecular flexibility index (Phi) is 5.39. The topological polar surface area (TPSA) is 96.2 Å². The summed E-state index contributed by atoms with van der Waals surface area (Å²) in [5.41, 5.74) is 6.34. The summed E-state index contributed by atoms with van der Waals surface area (Å²) in [4.78, 5) is 18.8. The zero-order chi connectivity index (χ0) is 20.2. The van der Waals surface area contributed by atoms with Crippen molar-refractivity contribution in [2.75, 3.05) is 43.7 Å². The Hall–Kier alpha value is -3.46. The van der Waals surface area contributed by atoms with Gasteiger partial charge in [-0.3, -0.25) is 4.79 Å². The second kappa shape index (κ2) is 8.27. The monoisotopic (exact) mass is 393 g/mol. The molecule has 0 saturated carbocycles. The number of benzene rings is 1. The number of aryl methyl sites for hydroxylation is 1. The van der Waals surface area contributed by atoms with E-state index < -0.39 is 0 Å². The number of carbonyl (C=O) groups is 1. The molecule has 150 valence electrons. The molecule has 0 atom stereocenters. The fraction of sp³-hybridized carbons (Fsp3) is 0.300. The van der Waals surface area contributed by atoms with Gasteiger partial charge in [0.25, 0.3) is 11.9 Å². The highest BCUT2D eigenvalue weighted by Crippen LogP contribution is 2.23. The molecule has 4 rings (SSSR count). The number of nitrogens with one attached hydrogen (secondary N) is 2. The summed E-state index contributed by atoms with van der Waals surface area (Å²) >= 11 is 0. The Balaban J connectivity index is 1.67. The summed E-state index contributed by atoms with van der Waals surface area (Å²) in [5, 5.41) is 11.4. The second-order valence-electron chi connectivity index (χ2n) is 6.78. The van der Waals surface area contributed by atoms with Crippen molar-refractivity contribution in [3.63, 3.8) is 0 Å². The van der Waals surface area contributed by atoms with Crippen molar-refractivity contribution in [1.29, 1.82) is 0 Å². The van der Waals surface area contributed by atoms with E-state index in [1.54, 1.807) is 30.0 Å². The van der Waals surface area contributed by atoms with E-state index in [0.717, 1.165) is 35.6 Å². The highest BCUT2D eigenvalue weighted by molar-refractivity contribution is 5.96. The molecule has 2 N–H and O–H groups in total. The average Bonchev–Trinajstić information content (AvgIpc) is 3.17. The van der Waals surface area contributed by atoms with Crippen LogP contribution in [0.3, 0.4) is 0 Å². The van der Waals surface area contributed by atoms with Crippen LogP contribution in [0.5, 0.6) is 0 Å². The van der Waals surface area contributed by atoms with Crippen molar-refractivity contribution in [2.24, 2.45) is 5.10 Å². The van der Waals surface area contributed by atoms with E-state index in [9.17, 15) is 4.79 Å². The lowest BCUT2D eigenvalue weighted by atomic mass is 10.2. The number of hydrogen-bond donors (Lipinski definition) is 2. The number of anilines is 2. The molecule has 1 aliphatic heterocycles. The molecule has 1 aromatic carbocycles. The van der Waals surface area contributed by atoms with Crippen LogP contribution >= 0.6 is 0 Å². The van der Waals surface area contributed by atoms with Crippen LogP contribution in [-0.2, 0) is 4.74 Å². The third-order valence-electron chi connectivity index (χ3n) is 4.66. The van der Waals surface area contributed by atoms with Crippen LogP contribution in [0, 0.1) is 6.92 Å². The van der Waals surface area contributed by atoms with Gasteiger partial charge in [-0.15, -0.1) is 5.10 Å². The van der Waals surface area contributed by atoms with Gasteiger partial charge >= 0.3 is 0 Å². The number of rotatable bonds is 5. The molecule has 3 heterocycles. The maximum absolute atomic E-state index is 12.1. The molecule has 2 aromatic heterocycles. The quantitative estimate of drug-likeness (QED) is 0.506. The number of amides is 1. The molecule has 29 heavy (non-hydrogen) atoms. The number of hydrazone groups is 1. The summed E-state index contributed by atoms with van der Waals surface area (Å²) in [6.45, 7) is 4.74. The van der Waals surface area contributed by atoms with E-state index in [2.05, 4.69) is 30.8 Å². The summed E-state index contributed by atoms with van der Waals surface area (Å²) in [5.74, 6) is 0.920. The molecular formula is C20H23N7O2. The van der Waals surface area contributed by atoms with Crippen LogP contribution in [0.25, 0.3) is 5.52 Å².